The van der Waals surface area contributed by atoms with E-state index in [0.29, 0.717) is 0 Å². The van der Waals surface area contributed by atoms with Crippen molar-refractivity contribution in [3.05, 3.63) is 45.5 Å². The summed E-state index contributed by atoms with van der Waals surface area (Å²) in [7, 11) is 1.18. The predicted octanol–water partition coefficient (Wildman–Crippen LogP) is 1.48. The smallest absolute Gasteiger partial charge is 0.336 e. The minimum absolute atomic E-state index is 0.179. The highest BCUT2D eigenvalue weighted by Crippen LogP contribution is 2.19. The Morgan fingerprint density at radius 2 is 2.11 bits per heavy atom. The Bertz CT molecular complexity index is 534. The number of carboxylic acid groups (broad SMARTS) is 1. The van der Waals surface area contributed by atoms with Gasteiger partial charge in [0.05, 0.1) is 17.6 Å². The van der Waals surface area contributed by atoms with Crippen molar-refractivity contribution in [2.75, 3.05) is 7.11 Å². The number of hydrogen-bond acceptors (Lipinski definition) is 5. The van der Waals surface area contributed by atoms with Crippen LogP contribution in [0.4, 0.5) is 5.69 Å². The van der Waals surface area contributed by atoms with Crippen molar-refractivity contribution in [3.8, 4) is 0 Å². The predicted molar refractivity (Wildman–Crippen MR) is 61.1 cm³/mol. The number of carbonyl (C=O) groups is 2. The van der Waals surface area contributed by atoms with Crippen LogP contribution >= 0.6 is 0 Å². The lowest BCUT2D eigenvalue weighted by Gasteiger charge is -2.00. The molecule has 0 aromatic heterocycles. The van der Waals surface area contributed by atoms with Gasteiger partial charge in [0.1, 0.15) is 0 Å². The topological polar surface area (TPSA) is 107 Å². The van der Waals surface area contributed by atoms with E-state index in [1.54, 1.807) is 0 Å². The van der Waals surface area contributed by atoms with Crippen LogP contribution in [0.25, 0.3) is 6.08 Å². The molecular weight excluding hydrogens is 242 g/mol. The third-order valence-electron chi connectivity index (χ3n) is 2.08. The van der Waals surface area contributed by atoms with Gasteiger partial charge < -0.3 is 9.84 Å². The Labute approximate surface area is 101 Å². The number of hydrogen-bond donors (Lipinski definition) is 1. The van der Waals surface area contributed by atoms with Gasteiger partial charge in [0, 0.05) is 18.2 Å². The molecule has 1 rings (SSSR count). The van der Waals surface area contributed by atoms with Crippen molar-refractivity contribution < 1.29 is 24.4 Å². The molecular formula is C11H9NO6. The van der Waals surface area contributed by atoms with E-state index in [2.05, 4.69) is 4.74 Å². The summed E-state index contributed by atoms with van der Waals surface area (Å²) < 4.78 is 4.35. The van der Waals surface area contributed by atoms with Gasteiger partial charge in [0.15, 0.2) is 0 Å². The Morgan fingerprint density at radius 1 is 1.44 bits per heavy atom. The fraction of sp³-hybridized carbons (Fsp3) is 0.0909. The maximum absolute atomic E-state index is 10.9. The number of esters is 1. The molecule has 0 spiro atoms. The average molecular weight is 251 g/mol. The lowest BCUT2D eigenvalue weighted by molar-refractivity contribution is -0.384. The van der Waals surface area contributed by atoms with Crippen molar-refractivity contribution in [1.29, 1.82) is 0 Å². The molecule has 1 aromatic carbocycles. The van der Waals surface area contributed by atoms with Crippen LogP contribution in [0.2, 0.25) is 0 Å². The van der Waals surface area contributed by atoms with Crippen molar-refractivity contribution >= 4 is 23.7 Å². The van der Waals surface area contributed by atoms with Gasteiger partial charge in [-0.25, -0.2) is 9.59 Å². The summed E-state index contributed by atoms with van der Waals surface area (Å²) in [5.74, 6) is -1.96. The van der Waals surface area contributed by atoms with E-state index in [9.17, 15) is 19.7 Å². The molecule has 0 fully saturated rings. The van der Waals surface area contributed by atoms with Gasteiger partial charge in [-0.1, -0.05) is 0 Å². The van der Waals surface area contributed by atoms with Crippen LogP contribution in [0.3, 0.4) is 0 Å². The molecule has 0 aliphatic heterocycles. The number of carboxylic acids is 1. The average Bonchev–Trinajstić information content (AvgIpc) is 2.35. The number of methoxy groups -OCH3 is 1. The van der Waals surface area contributed by atoms with Crippen LogP contribution in [0, 0.1) is 10.1 Å². The maximum atomic E-state index is 10.9. The molecule has 0 bridgehead atoms. The summed E-state index contributed by atoms with van der Waals surface area (Å²) in [4.78, 5) is 31.6. The monoisotopic (exact) mass is 251 g/mol. The molecule has 7 heteroatoms. The molecule has 0 unspecified atom stereocenters. The quantitative estimate of drug-likeness (QED) is 0.376. The number of carbonyl (C=O) groups excluding carboxylic acids is 1. The van der Waals surface area contributed by atoms with Gasteiger partial charge in [-0.2, -0.15) is 0 Å². The molecule has 7 nitrogen and oxygen atoms in total. The molecule has 0 aliphatic carbocycles. The van der Waals surface area contributed by atoms with E-state index >= 15 is 0 Å². The third kappa shape index (κ3) is 3.14. The fourth-order valence-corrected chi connectivity index (χ4v) is 1.21. The molecule has 0 amide bonds. The van der Waals surface area contributed by atoms with Crippen LogP contribution < -0.4 is 0 Å². The molecule has 0 radical (unpaired) electrons. The molecule has 0 atom stereocenters. The summed E-state index contributed by atoms with van der Waals surface area (Å²) in [6.45, 7) is 0. The number of ether oxygens (including phenoxy) is 1. The standard InChI is InChI=1S/C11H9NO6/c1-18-10(13)5-3-7-2-4-8(12(16)17)6-9(7)11(14)15/h2-6H,1H3,(H,14,15)/b5-3+. The second kappa shape index (κ2) is 5.58. The lowest BCUT2D eigenvalue weighted by atomic mass is 10.1. The van der Waals surface area contributed by atoms with E-state index in [1.165, 1.54) is 19.3 Å². The molecule has 0 heterocycles. The maximum Gasteiger partial charge on any atom is 0.336 e. The van der Waals surface area contributed by atoms with E-state index < -0.39 is 16.9 Å². The van der Waals surface area contributed by atoms with Gasteiger partial charge in [-0.3, -0.25) is 10.1 Å². The summed E-state index contributed by atoms with van der Waals surface area (Å²) in [6, 6.07) is 3.34. The van der Waals surface area contributed by atoms with E-state index in [1.807, 2.05) is 0 Å². The van der Waals surface area contributed by atoms with Crippen LogP contribution in [0.5, 0.6) is 0 Å². The normalized spacial score (nSPS) is 10.3. The van der Waals surface area contributed by atoms with Crippen LogP contribution in [-0.2, 0) is 9.53 Å². The van der Waals surface area contributed by atoms with Crippen LogP contribution in [0.1, 0.15) is 15.9 Å². The van der Waals surface area contributed by atoms with Gasteiger partial charge >= 0.3 is 11.9 Å². The Morgan fingerprint density at radius 3 is 2.61 bits per heavy atom. The minimum atomic E-state index is -1.32. The molecule has 18 heavy (non-hydrogen) atoms. The Balaban J connectivity index is 3.20. The number of nitro benzene ring substituents is 1. The zero-order valence-electron chi connectivity index (χ0n) is 9.32. The van der Waals surface area contributed by atoms with Crippen LogP contribution in [0.15, 0.2) is 24.3 Å². The number of rotatable bonds is 4. The summed E-state index contributed by atoms with van der Waals surface area (Å²) in [6.07, 6.45) is 2.26. The van der Waals surface area contributed by atoms with Gasteiger partial charge in [-0.15, -0.1) is 0 Å². The first-order valence-electron chi connectivity index (χ1n) is 4.73. The second-order valence-electron chi connectivity index (χ2n) is 3.19. The van der Waals surface area contributed by atoms with E-state index in [4.69, 9.17) is 5.11 Å². The number of aromatic carboxylic acids is 1. The van der Waals surface area contributed by atoms with Gasteiger partial charge in [0.25, 0.3) is 5.69 Å². The van der Waals surface area contributed by atoms with Crippen molar-refractivity contribution in [2.24, 2.45) is 0 Å². The van der Waals surface area contributed by atoms with Crippen molar-refractivity contribution in [2.45, 2.75) is 0 Å². The Hall–Kier alpha value is -2.70. The molecule has 1 N–H and O–H groups in total. The third-order valence-corrected chi connectivity index (χ3v) is 2.08. The first-order chi connectivity index (χ1) is 8.45. The molecule has 0 saturated carbocycles. The highest BCUT2D eigenvalue weighted by Gasteiger charge is 2.14. The second-order valence-corrected chi connectivity index (χ2v) is 3.19. The fourth-order valence-electron chi connectivity index (χ4n) is 1.21. The van der Waals surface area contributed by atoms with Crippen molar-refractivity contribution in [1.82, 2.24) is 0 Å². The first-order valence-corrected chi connectivity index (χ1v) is 4.73. The summed E-state index contributed by atoms with van der Waals surface area (Å²) in [5, 5.41) is 19.4. The molecule has 0 saturated heterocycles. The van der Waals surface area contributed by atoms with Gasteiger partial charge in [0.2, 0.25) is 0 Å². The number of nitro groups is 1. The van der Waals surface area contributed by atoms with Gasteiger partial charge in [-0.05, 0) is 17.7 Å². The number of non-ortho nitro benzene ring substituents is 1. The first kappa shape index (κ1) is 13.4. The van der Waals surface area contributed by atoms with Crippen molar-refractivity contribution in [3.63, 3.8) is 0 Å². The zero-order valence-corrected chi connectivity index (χ0v) is 9.32. The number of benzene rings is 1. The number of nitrogens with zero attached hydrogens (tertiary/aromatic N) is 1. The molecule has 1 aromatic rings. The zero-order chi connectivity index (χ0) is 13.7. The minimum Gasteiger partial charge on any atom is -0.478 e. The van der Waals surface area contributed by atoms with Crippen LogP contribution in [-0.4, -0.2) is 29.1 Å². The Kier molecular flexibility index (Phi) is 4.14. The summed E-state index contributed by atoms with van der Waals surface area (Å²) in [5.41, 5.74) is -0.412. The van der Waals surface area contributed by atoms with E-state index in [0.717, 1.165) is 18.2 Å². The SMILES string of the molecule is COC(=O)/C=C/c1ccc([N+](=O)[O-])cc1C(=O)O. The molecule has 94 valence electrons. The lowest BCUT2D eigenvalue weighted by Crippen LogP contribution is -2.02. The highest BCUT2D eigenvalue weighted by molar-refractivity contribution is 5.95. The summed E-state index contributed by atoms with van der Waals surface area (Å²) >= 11 is 0. The largest absolute Gasteiger partial charge is 0.478 e. The molecule has 0 aliphatic rings. The highest BCUT2D eigenvalue weighted by atomic mass is 16.6. The van der Waals surface area contributed by atoms with E-state index in [-0.39, 0.29) is 16.8 Å².